The van der Waals surface area contributed by atoms with Crippen LogP contribution in [0.15, 0.2) is 42.5 Å². The van der Waals surface area contributed by atoms with E-state index in [9.17, 15) is 14.9 Å². The van der Waals surface area contributed by atoms with Crippen LogP contribution in [0.25, 0.3) is 5.69 Å². The van der Waals surface area contributed by atoms with Crippen molar-refractivity contribution in [2.45, 2.75) is 33.2 Å². The molecular weight excluding hydrogens is 348 g/mol. The van der Waals surface area contributed by atoms with Crippen LogP contribution in [0.5, 0.6) is 0 Å². The Morgan fingerprint density at radius 2 is 1.93 bits per heavy atom. The summed E-state index contributed by atoms with van der Waals surface area (Å²) in [6.07, 6.45) is 0.788. The Morgan fingerprint density at radius 1 is 1.19 bits per heavy atom. The fourth-order valence-electron chi connectivity index (χ4n) is 2.76. The summed E-state index contributed by atoms with van der Waals surface area (Å²) in [6.45, 7) is 4.05. The molecule has 0 aliphatic carbocycles. The average Bonchev–Trinajstić information content (AvgIpc) is 3.18. The summed E-state index contributed by atoms with van der Waals surface area (Å²) in [5, 5.41) is 22.0. The molecule has 0 saturated carbocycles. The number of benzene rings is 1. The van der Waals surface area contributed by atoms with Gasteiger partial charge < -0.3 is 15.4 Å². The first-order valence-electron chi connectivity index (χ1n) is 8.55. The average molecular weight is 368 g/mol. The fourth-order valence-corrected chi connectivity index (χ4v) is 2.76. The van der Waals surface area contributed by atoms with Crippen LogP contribution in [-0.4, -0.2) is 30.4 Å². The molecule has 2 aromatic heterocycles. The van der Waals surface area contributed by atoms with Crippen molar-refractivity contribution < 1.29 is 9.72 Å². The molecule has 9 heteroatoms. The third kappa shape index (κ3) is 4.38. The Hall–Kier alpha value is -3.49. The van der Waals surface area contributed by atoms with Crippen LogP contribution in [0, 0.1) is 24.0 Å². The first-order valence-corrected chi connectivity index (χ1v) is 8.55. The number of hydrogen-bond acceptors (Lipinski definition) is 5. The zero-order chi connectivity index (χ0) is 19.4. The Bertz CT molecular complexity index is 961. The maximum Gasteiger partial charge on any atom is 0.390 e. The molecule has 1 aromatic carbocycles. The largest absolute Gasteiger partial charge is 0.390 e. The van der Waals surface area contributed by atoms with Crippen LogP contribution < -0.4 is 5.32 Å². The van der Waals surface area contributed by atoms with Crippen molar-refractivity contribution in [1.29, 1.82) is 0 Å². The van der Waals surface area contributed by atoms with Crippen LogP contribution in [0.4, 0.5) is 11.6 Å². The molecule has 3 aromatic rings. The van der Waals surface area contributed by atoms with E-state index in [1.54, 1.807) is 16.3 Å². The number of rotatable bonds is 7. The number of carbonyl (C=O) groups excluding carboxylic acids is 1. The van der Waals surface area contributed by atoms with Gasteiger partial charge in [-0.2, -0.15) is 9.78 Å². The van der Waals surface area contributed by atoms with Gasteiger partial charge >= 0.3 is 5.82 Å². The van der Waals surface area contributed by atoms with Gasteiger partial charge in [-0.1, -0.05) is 18.2 Å². The second-order valence-electron chi connectivity index (χ2n) is 6.19. The molecule has 0 bridgehead atoms. The maximum atomic E-state index is 12.3. The number of nitrogens with zero attached hydrogens (tertiary/aromatic N) is 5. The van der Waals surface area contributed by atoms with E-state index in [1.807, 2.05) is 43.3 Å². The van der Waals surface area contributed by atoms with Crippen LogP contribution in [0.2, 0.25) is 0 Å². The molecule has 0 saturated heterocycles. The molecule has 3 rings (SSSR count). The molecular formula is C18H20N6O3. The van der Waals surface area contributed by atoms with Crippen LogP contribution >= 0.6 is 0 Å². The van der Waals surface area contributed by atoms with Crippen molar-refractivity contribution in [3.05, 3.63) is 64.0 Å². The summed E-state index contributed by atoms with van der Waals surface area (Å²) in [7, 11) is 0. The SMILES string of the molecule is Cc1cc(NC(=O)CCCn2nc([N+](=O)[O-])cc2C)n(-c2ccccc2)n1. The predicted octanol–water partition coefficient (Wildman–Crippen LogP) is 3.01. The zero-order valence-electron chi connectivity index (χ0n) is 15.1. The molecule has 0 spiro atoms. The van der Waals surface area contributed by atoms with Crippen molar-refractivity contribution in [2.24, 2.45) is 0 Å². The highest BCUT2D eigenvalue weighted by molar-refractivity contribution is 5.90. The van der Waals surface area contributed by atoms with E-state index in [4.69, 9.17) is 0 Å². The highest BCUT2D eigenvalue weighted by atomic mass is 16.6. The molecule has 0 radical (unpaired) electrons. The summed E-state index contributed by atoms with van der Waals surface area (Å²) >= 11 is 0. The minimum Gasteiger partial charge on any atom is -0.358 e. The van der Waals surface area contributed by atoms with E-state index in [1.165, 1.54) is 6.07 Å². The molecule has 0 fully saturated rings. The Labute approximate surface area is 155 Å². The van der Waals surface area contributed by atoms with Crippen molar-refractivity contribution in [3.63, 3.8) is 0 Å². The van der Waals surface area contributed by atoms with E-state index in [-0.39, 0.29) is 18.1 Å². The summed E-state index contributed by atoms with van der Waals surface area (Å²) in [6, 6.07) is 12.8. The van der Waals surface area contributed by atoms with Gasteiger partial charge in [0, 0.05) is 12.5 Å². The summed E-state index contributed by atoms with van der Waals surface area (Å²) in [5.74, 6) is 0.278. The van der Waals surface area contributed by atoms with Crippen molar-refractivity contribution in [1.82, 2.24) is 19.6 Å². The third-order valence-electron chi connectivity index (χ3n) is 4.03. The Balaban J connectivity index is 1.60. The molecule has 1 N–H and O–H groups in total. The van der Waals surface area contributed by atoms with Gasteiger partial charge in [-0.25, -0.2) is 4.68 Å². The summed E-state index contributed by atoms with van der Waals surface area (Å²) in [5.41, 5.74) is 2.36. The topological polar surface area (TPSA) is 108 Å². The van der Waals surface area contributed by atoms with Gasteiger partial charge in [-0.05, 0) is 37.3 Å². The standard InChI is InChI=1S/C18H20N6O3/c1-13-11-16(23(20-13)15-7-4-3-5-8-15)19-18(25)9-6-10-22-14(2)12-17(21-22)24(26)27/h3-5,7-8,11-12H,6,9-10H2,1-2H3,(H,19,25). The molecule has 27 heavy (non-hydrogen) atoms. The van der Waals surface area contributed by atoms with Crippen LogP contribution in [0.3, 0.4) is 0 Å². The highest BCUT2D eigenvalue weighted by Gasteiger charge is 2.16. The van der Waals surface area contributed by atoms with Crippen LogP contribution in [0.1, 0.15) is 24.2 Å². The van der Waals surface area contributed by atoms with E-state index in [0.717, 1.165) is 11.4 Å². The number of nitro groups is 1. The number of aryl methyl sites for hydroxylation is 3. The lowest BCUT2D eigenvalue weighted by Gasteiger charge is -2.08. The van der Waals surface area contributed by atoms with E-state index in [2.05, 4.69) is 15.5 Å². The van der Waals surface area contributed by atoms with Gasteiger partial charge in [0.2, 0.25) is 5.91 Å². The minimum absolute atomic E-state index is 0.147. The number of anilines is 1. The lowest BCUT2D eigenvalue weighted by atomic mass is 10.3. The van der Waals surface area contributed by atoms with Gasteiger partial charge in [-0.15, -0.1) is 0 Å². The second kappa shape index (κ2) is 7.81. The molecule has 140 valence electrons. The predicted molar refractivity (Wildman–Crippen MR) is 99.8 cm³/mol. The number of hydrogen-bond donors (Lipinski definition) is 1. The van der Waals surface area contributed by atoms with E-state index >= 15 is 0 Å². The van der Waals surface area contributed by atoms with E-state index < -0.39 is 4.92 Å². The monoisotopic (exact) mass is 368 g/mol. The van der Waals surface area contributed by atoms with Gasteiger partial charge in [0.1, 0.15) is 5.82 Å². The number of para-hydroxylation sites is 1. The molecule has 0 aliphatic heterocycles. The number of carbonyl (C=O) groups is 1. The smallest absolute Gasteiger partial charge is 0.358 e. The Morgan fingerprint density at radius 3 is 2.59 bits per heavy atom. The number of aromatic nitrogens is 4. The van der Waals surface area contributed by atoms with E-state index in [0.29, 0.717) is 24.5 Å². The first-order chi connectivity index (χ1) is 12.9. The quantitative estimate of drug-likeness (QED) is 0.509. The summed E-state index contributed by atoms with van der Waals surface area (Å²) < 4.78 is 3.23. The number of amides is 1. The van der Waals surface area contributed by atoms with Gasteiger partial charge in [0.15, 0.2) is 0 Å². The number of nitrogens with one attached hydrogen (secondary N) is 1. The maximum absolute atomic E-state index is 12.3. The van der Waals surface area contributed by atoms with Gasteiger partial charge in [0.25, 0.3) is 0 Å². The van der Waals surface area contributed by atoms with Gasteiger partial charge in [-0.3, -0.25) is 4.79 Å². The van der Waals surface area contributed by atoms with Crippen molar-refractivity contribution in [3.8, 4) is 5.69 Å². The zero-order valence-corrected chi connectivity index (χ0v) is 15.1. The lowest BCUT2D eigenvalue weighted by molar-refractivity contribution is -0.389. The van der Waals surface area contributed by atoms with Gasteiger partial charge in [0.05, 0.1) is 34.8 Å². The molecule has 2 heterocycles. The minimum atomic E-state index is -0.525. The van der Waals surface area contributed by atoms with Crippen molar-refractivity contribution >= 4 is 17.5 Å². The Kier molecular flexibility index (Phi) is 5.30. The molecule has 1 amide bonds. The van der Waals surface area contributed by atoms with Crippen LogP contribution in [-0.2, 0) is 11.3 Å². The fraction of sp³-hybridized carbons (Fsp3) is 0.278. The molecule has 9 nitrogen and oxygen atoms in total. The summed E-state index contributed by atoms with van der Waals surface area (Å²) in [4.78, 5) is 22.5. The highest BCUT2D eigenvalue weighted by Crippen LogP contribution is 2.17. The molecule has 0 aliphatic rings. The second-order valence-corrected chi connectivity index (χ2v) is 6.19. The van der Waals surface area contributed by atoms with Crippen molar-refractivity contribution in [2.75, 3.05) is 5.32 Å². The molecule has 0 atom stereocenters. The molecule has 0 unspecified atom stereocenters. The first kappa shape index (κ1) is 18.3. The lowest BCUT2D eigenvalue weighted by Crippen LogP contribution is -2.15. The normalized spacial score (nSPS) is 10.7. The third-order valence-corrected chi connectivity index (χ3v) is 4.03.